The van der Waals surface area contributed by atoms with Gasteiger partial charge in [-0.3, -0.25) is 14.4 Å². The molecule has 4 unspecified atom stereocenters. The van der Waals surface area contributed by atoms with Crippen LogP contribution in [0.3, 0.4) is 0 Å². The van der Waals surface area contributed by atoms with E-state index in [2.05, 4.69) is 23.9 Å². The summed E-state index contributed by atoms with van der Waals surface area (Å²) in [5, 5.41) is 6.35. The number of thiazole rings is 1. The molecule has 56 heavy (non-hydrogen) atoms. The van der Waals surface area contributed by atoms with E-state index < -0.39 is 51.3 Å². The first-order valence-electron chi connectivity index (χ1n) is 18.8. The fourth-order valence-electron chi connectivity index (χ4n) is 6.83. The van der Waals surface area contributed by atoms with Crippen molar-refractivity contribution >= 4 is 50.0 Å². The summed E-state index contributed by atoms with van der Waals surface area (Å²) in [7, 11) is -1.11. The first-order valence-corrected chi connectivity index (χ1v) is 21.2. The Hall–Kier alpha value is -4.86. The Morgan fingerprint density at radius 2 is 1.89 bits per heavy atom. The molecule has 1 fully saturated rings. The van der Waals surface area contributed by atoms with E-state index in [1.807, 2.05) is 42.7 Å². The summed E-state index contributed by atoms with van der Waals surface area (Å²) in [6.45, 7) is 8.08. The Bertz CT molecular complexity index is 2230. The van der Waals surface area contributed by atoms with Crippen LogP contribution in [0.2, 0.25) is 0 Å². The van der Waals surface area contributed by atoms with E-state index in [1.54, 1.807) is 32.2 Å². The number of pyridine rings is 1. The van der Waals surface area contributed by atoms with E-state index in [0.29, 0.717) is 42.2 Å². The molecule has 4 aromatic rings. The van der Waals surface area contributed by atoms with Crippen LogP contribution in [0.15, 0.2) is 71.0 Å². The van der Waals surface area contributed by atoms with Gasteiger partial charge in [-0.05, 0) is 69.7 Å². The number of hydrogen-bond donors (Lipinski definition) is 2. The Kier molecular flexibility index (Phi) is 12.5. The second-order valence-corrected chi connectivity index (χ2v) is 17.1. The number of nitrogens with one attached hydrogen (secondary N) is 2. The van der Waals surface area contributed by atoms with Crippen molar-refractivity contribution in [3.8, 4) is 22.2 Å². The van der Waals surface area contributed by atoms with E-state index in [9.17, 15) is 22.8 Å². The van der Waals surface area contributed by atoms with Crippen molar-refractivity contribution in [2.75, 3.05) is 27.4 Å². The maximum Gasteiger partial charge on any atom is 0.264 e. The first kappa shape index (κ1) is 40.8. The number of methoxy groups -OCH3 is 1. The monoisotopic (exact) mass is 803 g/mol. The second-order valence-electron chi connectivity index (χ2n) is 14.6. The van der Waals surface area contributed by atoms with Gasteiger partial charge in [0.25, 0.3) is 21.8 Å². The number of aromatic nitrogens is 2. The molecular weight excluding hydrogens is 755 g/mol. The van der Waals surface area contributed by atoms with Crippen molar-refractivity contribution in [2.24, 2.45) is 5.92 Å². The summed E-state index contributed by atoms with van der Waals surface area (Å²) >= 11 is 1.49. The third-order valence-electron chi connectivity index (χ3n) is 10.4. The molecule has 298 valence electrons. The van der Waals surface area contributed by atoms with Gasteiger partial charge in [0.1, 0.15) is 39.9 Å². The average molecular weight is 804 g/mol. The molecule has 2 aliphatic rings. The van der Waals surface area contributed by atoms with Gasteiger partial charge in [-0.2, -0.15) is 0 Å². The molecule has 0 spiro atoms. The van der Waals surface area contributed by atoms with Gasteiger partial charge in [-0.15, -0.1) is 11.3 Å². The summed E-state index contributed by atoms with van der Waals surface area (Å²) in [6.07, 6.45) is 5.35. The quantitative estimate of drug-likeness (QED) is 0.184. The molecular formula is C41H49N5O8S2. The minimum absolute atomic E-state index is 0.00535. The number of likely N-dealkylation sites (N-methyl/N-ethyl adjacent to an activating group) is 1. The van der Waals surface area contributed by atoms with Crippen molar-refractivity contribution in [3.05, 3.63) is 77.3 Å². The number of hydrogen-bond acceptors (Lipinski definition) is 11. The van der Waals surface area contributed by atoms with Crippen molar-refractivity contribution in [3.63, 3.8) is 0 Å². The van der Waals surface area contributed by atoms with Crippen LogP contribution in [0.4, 0.5) is 0 Å². The summed E-state index contributed by atoms with van der Waals surface area (Å²) < 4.78 is 46.6. The molecule has 0 bridgehead atoms. The van der Waals surface area contributed by atoms with Gasteiger partial charge >= 0.3 is 0 Å². The van der Waals surface area contributed by atoms with Crippen LogP contribution in [-0.4, -0.2) is 86.1 Å². The van der Waals surface area contributed by atoms with Gasteiger partial charge in [0.2, 0.25) is 5.91 Å². The number of amides is 3. The highest BCUT2D eigenvalue weighted by molar-refractivity contribution is 7.90. The SMILES string of the molecule is COc1ccc2c(OCCC3C(=O)NC4(C(=O)NS(=O)(=O)c5ccccc5)CC4C=CCCCCOC(C)C(=O)N3C)cc(-c3nc(C(C)C)cs3)nc2c1C. The molecule has 13 nitrogen and oxygen atoms in total. The van der Waals surface area contributed by atoms with Gasteiger partial charge < -0.3 is 24.4 Å². The highest BCUT2D eigenvalue weighted by atomic mass is 32.2. The molecule has 1 saturated carbocycles. The fourth-order valence-corrected chi connectivity index (χ4v) is 8.83. The van der Waals surface area contributed by atoms with Crippen LogP contribution >= 0.6 is 11.3 Å². The third-order valence-corrected chi connectivity index (χ3v) is 12.6. The molecule has 3 heterocycles. The zero-order valence-electron chi connectivity index (χ0n) is 32.5. The number of ether oxygens (including phenoxy) is 3. The maximum atomic E-state index is 14.4. The number of allylic oxidation sites excluding steroid dienone is 1. The molecule has 4 atom stereocenters. The van der Waals surface area contributed by atoms with Crippen molar-refractivity contribution < 1.29 is 37.0 Å². The van der Waals surface area contributed by atoms with Gasteiger partial charge in [0, 0.05) is 48.4 Å². The number of carbonyl (C=O) groups is 3. The molecule has 6 rings (SSSR count). The number of fused-ring (bicyclic) bond motifs is 2. The number of nitrogens with zero attached hydrogens (tertiary/aromatic N) is 3. The highest BCUT2D eigenvalue weighted by Gasteiger charge is 2.61. The number of sulfonamides is 1. The summed E-state index contributed by atoms with van der Waals surface area (Å²) in [5.74, 6) is -0.935. The lowest BCUT2D eigenvalue weighted by atomic mass is 10.1. The number of aryl methyl sites for hydroxylation is 1. The van der Waals surface area contributed by atoms with Crippen LogP contribution in [0.5, 0.6) is 11.5 Å². The highest BCUT2D eigenvalue weighted by Crippen LogP contribution is 2.46. The number of benzene rings is 2. The Balaban J connectivity index is 1.30. The number of carbonyl (C=O) groups excluding carboxylic acids is 3. The van der Waals surface area contributed by atoms with Gasteiger partial charge in [-0.1, -0.05) is 44.2 Å². The Morgan fingerprint density at radius 1 is 1.12 bits per heavy atom. The molecule has 15 heteroatoms. The molecule has 3 amide bonds. The maximum absolute atomic E-state index is 14.4. The van der Waals surface area contributed by atoms with E-state index in [-0.39, 0.29) is 30.3 Å². The van der Waals surface area contributed by atoms with Crippen LogP contribution in [0.1, 0.15) is 70.1 Å². The van der Waals surface area contributed by atoms with Gasteiger partial charge in [-0.25, -0.2) is 23.1 Å². The van der Waals surface area contributed by atoms with Crippen LogP contribution in [0, 0.1) is 12.8 Å². The minimum atomic E-state index is -4.23. The van der Waals surface area contributed by atoms with Gasteiger partial charge in [0.05, 0.1) is 29.8 Å². The molecule has 2 aromatic carbocycles. The molecule has 0 saturated heterocycles. The third kappa shape index (κ3) is 8.74. The zero-order valence-corrected chi connectivity index (χ0v) is 34.2. The normalized spacial score (nSPS) is 22.2. The van der Waals surface area contributed by atoms with Crippen molar-refractivity contribution in [2.45, 2.75) is 88.3 Å². The van der Waals surface area contributed by atoms with Crippen LogP contribution < -0.4 is 19.5 Å². The topological polar surface area (TPSA) is 166 Å². The molecule has 1 aliphatic heterocycles. The zero-order chi connectivity index (χ0) is 40.2. The largest absolute Gasteiger partial charge is 0.496 e. The number of rotatable bonds is 10. The smallest absolute Gasteiger partial charge is 0.264 e. The van der Waals surface area contributed by atoms with Crippen LogP contribution in [-0.2, 0) is 29.1 Å². The van der Waals surface area contributed by atoms with Crippen molar-refractivity contribution in [1.82, 2.24) is 24.9 Å². The lowest BCUT2D eigenvalue weighted by Gasteiger charge is -2.31. The Labute approximate surface area is 331 Å². The molecule has 0 radical (unpaired) electrons. The minimum Gasteiger partial charge on any atom is -0.496 e. The fraction of sp³-hybridized carbons (Fsp3) is 0.439. The Morgan fingerprint density at radius 3 is 2.61 bits per heavy atom. The summed E-state index contributed by atoms with van der Waals surface area (Å²) in [5.41, 5.74) is 1.53. The second kappa shape index (κ2) is 17.1. The van der Waals surface area contributed by atoms with E-state index >= 15 is 0 Å². The standard InChI is InChI=1S/C41H49N5O8S2/c1-25(2)32-24-55-38(43-32)31-22-35(30-17-18-34(52-6)26(3)36(30)42-31)54-21-19-33-37(47)44-41(40(49)45-56(50,51)29-15-11-9-12-16-29)23-28(41)14-10-7-8-13-20-53-27(4)39(48)46(33)5/h9-12,14-18,22,24-25,27-28,33H,7-8,13,19-21,23H2,1-6H3,(H,44,47)(H,45,49). The predicted octanol–water partition coefficient (Wildman–Crippen LogP) is 5.92. The molecule has 2 aromatic heterocycles. The van der Waals surface area contributed by atoms with E-state index in [4.69, 9.17) is 24.2 Å². The first-order chi connectivity index (χ1) is 26.8. The average Bonchev–Trinajstić information content (AvgIpc) is 3.63. The lowest BCUT2D eigenvalue weighted by molar-refractivity contribution is -0.148. The summed E-state index contributed by atoms with van der Waals surface area (Å²) in [4.78, 5) is 53.0. The van der Waals surface area contributed by atoms with Crippen molar-refractivity contribution in [1.29, 1.82) is 0 Å². The van der Waals surface area contributed by atoms with Gasteiger partial charge in [0.15, 0.2) is 0 Å². The predicted molar refractivity (Wildman–Crippen MR) is 214 cm³/mol. The van der Waals surface area contributed by atoms with E-state index in [0.717, 1.165) is 28.1 Å². The van der Waals surface area contributed by atoms with E-state index in [1.165, 1.54) is 35.4 Å². The lowest BCUT2D eigenvalue weighted by Crippen LogP contribution is -2.58. The summed E-state index contributed by atoms with van der Waals surface area (Å²) in [6, 6.07) is 12.0. The molecule has 2 N–H and O–H groups in total. The molecule has 1 aliphatic carbocycles. The van der Waals surface area contributed by atoms with Crippen LogP contribution in [0.25, 0.3) is 21.6 Å².